The number of hydrogen-bond donors (Lipinski definition) is 0. The van der Waals surface area contributed by atoms with E-state index in [0.29, 0.717) is 17.5 Å². The normalized spacial score (nSPS) is 16.3. The predicted molar refractivity (Wildman–Crippen MR) is 164 cm³/mol. The Kier molecular flexibility index (Phi) is 8.45. The van der Waals surface area contributed by atoms with E-state index in [4.69, 9.17) is 0 Å². The van der Waals surface area contributed by atoms with Crippen LogP contribution in [-0.2, 0) is 6.42 Å². The van der Waals surface area contributed by atoms with Gasteiger partial charge in [-0.1, -0.05) is 86.0 Å². The van der Waals surface area contributed by atoms with E-state index < -0.39 is 0 Å². The van der Waals surface area contributed by atoms with E-state index >= 15 is 0 Å². The number of aryl methyl sites for hydroxylation is 2. The zero-order valence-corrected chi connectivity index (χ0v) is 23.7. The highest BCUT2D eigenvalue weighted by atomic mass is 16.2. The number of hydrogen-bond acceptors (Lipinski definition) is 2. The third-order valence-corrected chi connectivity index (χ3v) is 7.91. The number of amides is 2. The van der Waals surface area contributed by atoms with Gasteiger partial charge in [0.25, 0.3) is 11.8 Å². The zero-order valence-electron chi connectivity index (χ0n) is 23.7. The van der Waals surface area contributed by atoms with Crippen LogP contribution >= 0.6 is 0 Å². The van der Waals surface area contributed by atoms with Gasteiger partial charge >= 0.3 is 0 Å². The second-order valence-corrected chi connectivity index (χ2v) is 10.9. The average Bonchev–Trinajstić information content (AvgIpc) is 2.98. The summed E-state index contributed by atoms with van der Waals surface area (Å²) in [7, 11) is 0. The minimum atomic E-state index is -0.215. The quantitative estimate of drug-likeness (QED) is 0.214. The predicted octanol–water partition coefficient (Wildman–Crippen LogP) is 8.55. The van der Waals surface area contributed by atoms with Gasteiger partial charge in [-0.25, -0.2) is 0 Å². The summed E-state index contributed by atoms with van der Waals surface area (Å²) in [6.45, 7) is 6.31. The molecule has 4 aromatic rings. The third kappa shape index (κ3) is 5.72. The van der Waals surface area contributed by atoms with E-state index in [0.717, 1.165) is 35.3 Å². The molecule has 0 radical (unpaired) electrons. The molecule has 0 unspecified atom stereocenters. The van der Waals surface area contributed by atoms with Crippen LogP contribution in [0.4, 0.5) is 11.4 Å². The second kappa shape index (κ2) is 12.3. The topological polar surface area (TPSA) is 40.6 Å². The third-order valence-electron chi connectivity index (χ3n) is 7.91. The van der Waals surface area contributed by atoms with Gasteiger partial charge in [0.05, 0.1) is 6.04 Å². The van der Waals surface area contributed by atoms with Gasteiger partial charge in [0.2, 0.25) is 0 Å². The van der Waals surface area contributed by atoms with E-state index in [1.54, 1.807) is 0 Å². The molecule has 2 amide bonds. The maximum atomic E-state index is 14.2. The Labute approximate surface area is 238 Å². The first-order chi connectivity index (χ1) is 19.5. The number of carbonyl (C=O) groups is 2. The fourth-order valence-corrected chi connectivity index (χ4v) is 5.73. The molecule has 0 aliphatic carbocycles. The van der Waals surface area contributed by atoms with E-state index in [1.807, 2.05) is 102 Å². The Balaban J connectivity index is 1.52. The number of rotatable bonds is 8. The first kappa shape index (κ1) is 27.4. The summed E-state index contributed by atoms with van der Waals surface area (Å²) in [5, 5.41) is 0. The van der Waals surface area contributed by atoms with Gasteiger partial charge in [-0.2, -0.15) is 0 Å². The highest BCUT2D eigenvalue weighted by Gasteiger charge is 2.39. The molecule has 4 nitrogen and oxygen atoms in total. The summed E-state index contributed by atoms with van der Waals surface area (Å²) in [6, 6.07) is 33.4. The Bertz CT molecular complexity index is 1440. The Morgan fingerprint density at radius 1 is 0.800 bits per heavy atom. The van der Waals surface area contributed by atoms with Crippen LogP contribution in [0, 0.1) is 6.92 Å². The van der Waals surface area contributed by atoms with E-state index in [9.17, 15) is 9.59 Å². The molecular formula is C36H38N2O2. The van der Waals surface area contributed by atoms with Crippen molar-refractivity contribution >= 4 is 23.2 Å². The largest absolute Gasteiger partial charge is 0.305 e. The van der Waals surface area contributed by atoms with Crippen molar-refractivity contribution < 1.29 is 9.59 Å². The summed E-state index contributed by atoms with van der Waals surface area (Å²) in [5.74, 6) is -0.0497. The van der Waals surface area contributed by atoms with Gasteiger partial charge < -0.3 is 9.80 Å². The molecule has 0 saturated carbocycles. The first-order valence-corrected chi connectivity index (χ1v) is 14.4. The summed E-state index contributed by atoms with van der Waals surface area (Å²) in [4.78, 5) is 31.8. The molecule has 0 N–H and O–H groups in total. The molecule has 1 aliphatic heterocycles. The lowest BCUT2D eigenvalue weighted by molar-refractivity contribution is 0.0965. The summed E-state index contributed by atoms with van der Waals surface area (Å²) >= 11 is 0. The van der Waals surface area contributed by atoms with E-state index in [2.05, 4.69) is 32.0 Å². The van der Waals surface area contributed by atoms with Crippen LogP contribution in [0.25, 0.3) is 0 Å². The SMILES string of the molecule is CCCCCc1ccc(C(=O)N(c2ccccc2)[C@@H]2C[C@@H](C)N(C(=O)c3ccc(C)cc3)c3ccccc32)cc1. The molecule has 0 saturated heterocycles. The van der Waals surface area contributed by atoms with Crippen LogP contribution in [-0.4, -0.2) is 17.9 Å². The van der Waals surface area contributed by atoms with Crippen molar-refractivity contribution in [1.29, 1.82) is 0 Å². The maximum absolute atomic E-state index is 14.2. The summed E-state index contributed by atoms with van der Waals surface area (Å²) in [6.07, 6.45) is 5.23. The molecule has 2 atom stereocenters. The number of nitrogens with zero attached hydrogens (tertiary/aromatic N) is 2. The van der Waals surface area contributed by atoms with Gasteiger partial charge in [0.15, 0.2) is 0 Å². The van der Waals surface area contributed by atoms with Crippen LogP contribution in [0.1, 0.15) is 83.0 Å². The fourth-order valence-electron chi connectivity index (χ4n) is 5.73. The van der Waals surface area contributed by atoms with Crippen molar-refractivity contribution in [1.82, 2.24) is 0 Å². The van der Waals surface area contributed by atoms with Gasteiger partial charge in [0, 0.05) is 28.5 Å². The van der Waals surface area contributed by atoms with E-state index in [1.165, 1.54) is 18.4 Å². The Morgan fingerprint density at radius 3 is 2.15 bits per heavy atom. The monoisotopic (exact) mass is 530 g/mol. The fraction of sp³-hybridized carbons (Fsp3) is 0.278. The second-order valence-electron chi connectivity index (χ2n) is 10.9. The van der Waals surface area contributed by atoms with Crippen molar-refractivity contribution in [3.63, 3.8) is 0 Å². The Morgan fingerprint density at radius 2 is 1.45 bits per heavy atom. The summed E-state index contributed by atoms with van der Waals surface area (Å²) in [5.41, 5.74) is 6.41. The first-order valence-electron chi connectivity index (χ1n) is 14.4. The number of carbonyl (C=O) groups excluding carboxylic acids is 2. The average molecular weight is 531 g/mol. The standard InChI is InChI=1S/C36H38N2O2/c1-4-5-7-12-28-19-23-30(24-20-28)36(40)38(31-13-8-6-9-14-31)34-25-27(3)37(33-16-11-10-15-32(33)34)35(39)29-21-17-26(2)18-22-29/h6,8-11,13-24,27,34H,4-5,7,12,25H2,1-3H3/t27-,34-/m1/s1. The van der Waals surface area contributed by atoms with Crippen molar-refractivity contribution in [3.8, 4) is 0 Å². The number of fused-ring (bicyclic) bond motifs is 1. The molecule has 0 fully saturated rings. The minimum absolute atomic E-state index is 0.0188. The van der Waals surface area contributed by atoms with E-state index in [-0.39, 0.29) is 23.9 Å². The highest BCUT2D eigenvalue weighted by molar-refractivity contribution is 6.09. The molecule has 0 spiro atoms. The smallest absolute Gasteiger partial charge is 0.258 e. The summed E-state index contributed by atoms with van der Waals surface area (Å²) < 4.78 is 0. The number of unbranched alkanes of at least 4 members (excludes halogenated alkanes) is 2. The number of anilines is 2. The molecule has 40 heavy (non-hydrogen) atoms. The molecular weight excluding hydrogens is 492 g/mol. The lowest BCUT2D eigenvalue weighted by Crippen LogP contribution is -2.47. The molecule has 1 aliphatic rings. The maximum Gasteiger partial charge on any atom is 0.258 e. The molecule has 4 heteroatoms. The molecule has 0 aromatic heterocycles. The van der Waals surface area contributed by atoms with Crippen molar-refractivity contribution in [2.24, 2.45) is 0 Å². The molecule has 1 heterocycles. The van der Waals surface area contributed by atoms with Crippen LogP contribution in [0.5, 0.6) is 0 Å². The number of para-hydroxylation sites is 2. The van der Waals surface area contributed by atoms with Crippen LogP contribution in [0.15, 0.2) is 103 Å². The zero-order chi connectivity index (χ0) is 28.1. The molecule has 204 valence electrons. The van der Waals surface area contributed by atoms with Gasteiger partial charge in [0.1, 0.15) is 0 Å². The van der Waals surface area contributed by atoms with Crippen LogP contribution < -0.4 is 9.80 Å². The van der Waals surface area contributed by atoms with Crippen molar-refractivity contribution in [2.75, 3.05) is 9.80 Å². The van der Waals surface area contributed by atoms with Crippen LogP contribution in [0.3, 0.4) is 0 Å². The van der Waals surface area contributed by atoms with Gasteiger partial charge in [-0.05, 0) is 86.7 Å². The van der Waals surface area contributed by atoms with Gasteiger partial charge in [-0.15, -0.1) is 0 Å². The van der Waals surface area contributed by atoms with Gasteiger partial charge in [-0.3, -0.25) is 9.59 Å². The molecule has 0 bridgehead atoms. The number of benzene rings is 4. The molecule has 4 aromatic carbocycles. The molecule has 5 rings (SSSR count). The van der Waals surface area contributed by atoms with Crippen molar-refractivity contribution in [3.05, 3.63) is 131 Å². The minimum Gasteiger partial charge on any atom is -0.305 e. The lowest BCUT2D eigenvalue weighted by Gasteiger charge is -2.43. The lowest BCUT2D eigenvalue weighted by atomic mass is 9.89. The Hall–Kier alpha value is -4.18. The van der Waals surface area contributed by atoms with Crippen LogP contribution in [0.2, 0.25) is 0 Å². The van der Waals surface area contributed by atoms with Crippen molar-refractivity contribution in [2.45, 2.75) is 65.0 Å². The highest BCUT2D eigenvalue weighted by Crippen LogP contribution is 2.43.